The van der Waals surface area contributed by atoms with Gasteiger partial charge in [0.25, 0.3) is 0 Å². The number of methoxy groups -OCH3 is 1. The summed E-state index contributed by atoms with van der Waals surface area (Å²) in [5, 5.41) is 0. The number of ketones is 2. The molecule has 0 radical (unpaired) electrons. The SMILES string of the molecule is C=C(CC1(CCCOC)C(=O)CCC1=O)c1cc(C)ccc1Br. The molecule has 124 valence electrons. The lowest BCUT2D eigenvalue weighted by atomic mass is 9.74. The summed E-state index contributed by atoms with van der Waals surface area (Å²) in [6, 6.07) is 6.03. The van der Waals surface area contributed by atoms with Crippen LogP contribution in [0.1, 0.15) is 43.2 Å². The number of benzene rings is 1. The molecule has 1 aromatic carbocycles. The van der Waals surface area contributed by atoms with E-state index in [1.165, 1.54) is 0 Å². The summed E-state index contributed by atoms with van der Waals surface area (Å²) in [6.07, 6.45) is 2.36. The molecule has 1 aromatic rings. The molecule has 1 aliphatic rings. The van der Waals surface area contributed by atoms with E-state index in [1.807, 2.05) is 25.1 Å². The number of carbonyl (C=O) groups is 2. The van der Waals surface area contributed by atoms with Crippen LogP contribution in [0.5, 0.6) is 0 Å². The van der Waals surface area contributed by atoms with Gasteiger partial charge in [-0.25, -0.2) is 0 Å². The van der Waals surface area contributed by atoms with Crippen LogP contribution in [0.15, 0.2) is 29.3 Å². The van der Waals surface area contributed by atoms with E-state index in [4.69, 9.17) is 4.74 Å². The molecule has 0 spiro atoms. The predicted octanol–water partition coefficient (Wildman–Crippen LogP) is 4.51. The maximum Gasteiger partial charge on any atom is 0.147 e. The van der Waals surface area contributed by atoms with Crippen molar-refractivity contribution in [1.82, 2.24) is 0 Å². The lowest BCUT2D eigenvalue weighted by Gasteiger charge is -2.27. The van der Waals surface area contributed by atoms with Crippen LogP contribution in [-0.4, -0.2) is 25.3 Å². The second-order valence-corrected chi connectivity index (χ2v) is 7.14. The number of allylic oxidation sites excluding steroid dienone is 1. The molecule has 0 heterocycles. The van der Waals surface area contributed by atoms with Crippen LogP contribution in [0.25, 0.3) is 5.57 Å². The van der Waals surface area contributed by atoms with E-state index >= 15 is 0 Å². The van der Waals surface area contributed by atoms with Gasteiger partial charge in [0, 0.05) is 31.0 Å². The highest BCUT2D eigenvalue weighted by Crippen LogP contribution is 2.44. The number of hydrogen-bond acceptors (Lipinski definition) is 3. The van der Waals surface area contributed by atoms with Crippen molar-refractivity contribution in [2.24, 2.45) is 5.41 Å². The first-order valence-corrected chi connectivity index (χ1v) is 8.70. The highest BCUT2D eigenvalue weighted by atomic mass is 79.9. The Labute approximate surface area is 146 Å². The molecule has 0 bridgehead atoms. The largest absolute Gasteiger partial charge is 0.385 e. The number of carbonyl (C=O) groups excluding carboxylic acids is 2. The van der Waals surface area contributed by atoms with E-state index in [-0.39, 0.29) is 11.6 Å². The quantitative estimate of drug-likeness (QED) is 0.517. The molecule has 0 saturated heterocycles. The van der Waals surface area contributed by atoms with E-state index in [9.17, 15) is 9.59 Å². The van der Waals surface area contributed by atoms with Gasteiger partial charge in [-0.2, -0.15) is 0 Å². The van der Waals surface area contributed by atoms with Crippen LogP contribution in [0.4, 0.5) is 0 Å². The second kappa shape index (κ2) is 7.54. The van der Waals surface area contributed by atoms with Crippen LogP contribution in [0.2, 0.25) is 0 Å². The molecule has 1 aliphatic carbocycles. The first kappa shape index (κ1) is 18.1. The van der Waals surface area contributed by atoms with E-state index in [0.717, 1.165) is 21.2 Å². The van der Waals surface area contributed by atoms with Crippen molar-refractivity contribution < 1.29 is 14.3 Å². The highest BCUT2D eigenvalue weighted by Gasteiger charge is 2.48. The van der Waals surface area contributed by atoms with Crippen LogP contribution in [-0.2, 0) is 14.3 Å². The summed E-state index contributed by atoms with van der Waals surface area (Å²) in [5.74, 6) is 0.118. The Kier molecular flexibility index (Phi) is 5.93. The molecule has 0 N–H and O–H groups in total. The van der Waals surface area contributed by atoms with Gasteiger partial charge in [-0.15, -0.1) is 0 Å². The Morgan fingerprint density at radius 3 is 2.57 bits per heavy atom. The maximum atomic E-state index is 12.5. The molecule has 0 aliphatic heterocycles. The average molecular weight is 379 g/mol. The van der Waals surface area contributed by atoms with Crippen LogP contribution in [0, 0.1) is 12.3 Å². The number of ether oxygens (including phenoxy) is 1. The van der Waals surface area contributed by atoms with Gasteiger partial charge in [-0.3, -0.25) is 9.59 Å². The smallest absolute Gasteiger partial charge is 0.147 e. The molecule has 4 heteroatoms. The molecular weight excluding hydrogens is 356 g/mol. The molecule has 1 fully saturated rings. The van der Waals surface area contributed by atoms with Crippen molar-refractivity contribution in [2.45, 2.75) is 39.0 Å². The number of Topliss-reactive ketones (excluding diaryl/α,β-unsaturated/α-hetero) is 2. The van der Waals surface area contributed by atoms with Crippen molar-refractivity contribution >= 4 is 33.1 Å². The normalized spacial score (nSPS) is 16.8. The van der Waals surface area contributed by atoms with E-state index < -0.39 is 5.41 Å². The zero-order valence-electron chi connectivity index (χ0n) is 13.8. The Balaban J connectivity index is 2.27. The Morgan fingerprint density at radius 2 is 1.96 bits per heavy atom. The van der Waals surface area contributed by atoms with E-state index in [1.54, 1.807) is 7.11 Å². The van der Waals surface area contributed by atoms with Crippen molar-refractivity contribution in [2.75, 3.05) is 13.7 Å². The van der Waals surface area contributed by atoms with Gasteiger partial charge in [0.2, 0.25) is 0 Å². The molecule has 0 amide bonds. The summed E-state index contributed by atoms with van der Waals surface area (Å²) in [6.45, 7) is 6.74. The number of hydrogen-bond donors (Lipinski definition) is 0. The van der Waals surface area contributed by atoms with Crippen LogP contribution >= 0.6 is 15.9 Å². The van der Waals surface area contributed by atoms with Gasteiger partial charge in [-0.1, -0.05) is 40.2 Å². The highest BCUT2D eigenvalue weighted by molar-refractivity contribution is 9.10. The van der Waals surface area contributed by atoms with Crippen molar-refractivity contribution in [1.29, 1.82) is 0 Å². The van der Waals surface area contributed by atoms with E-state index in [0.29, 0.717) is 38.7 Å². The topological polar surface area (TPSA) is 43.4 Å². The third-order valence-corrected chi connectivity index (χ3v) is 5.31. The Morgan fingerprint density at radius 1 is 1.30 bits per heavy atom. The standard InChI is InChI=1S/C19H23BrO3/c1-13-5-6-16(20)15(11-13)14(2)12-19(9-4-10-23-3)17(21)7-8-18(19)22/h5-6,11H,2,4,7-10,12H2,1,3H3. The van der Waals surface area contributed by atoms with Gasteiger partial charge in [0.15, 0.2) is 0 Å². The molecule has 2 rings (SSSR count). The van der Waals surface area contributed by atoms with Crippen molar-refractivity contribution in [3.05, 3.63) is 40.4 Å². The fourth-order valence-electron chi connectivity index (χ4n) is 3.31. The fourth-order valence-corrected chi connectivity index (χ4v) is 3.84. The summed E-state index contributed by atoms with van der Waals surface area (Å²) in [7, 11) is 1.63. The van der Waals surface area contributed by atoms with Crippen LogP contribution in [0.3, 0.4) is 0 Å². The van der Waals surface area contributed by atoms with Crippen LogP contribution < -0.4 is 0 Å². The minimum atomic E-state index is -0.904. The zero-order chi connectivity index (χ0) is 17.0. The zero-order valence-corrected chi connectivity index (χ0v) is 15.4. The molecule has 3 nitrogen and oxygen atoms in total. The first-order valence-electron chi connectivity index (χ1n) is 7.90. The summed E-state index contributed by atoms with van der Waals surface area (Å²) >= 11 is 3.54. The predicted molar refractivity (Wildman–Crippen MR) is 95.3 cm³/mol. The van der Waals surface area contributed by atoms with Gasteiger partial charge in [0.05, 0.1) is 5.41 Å². The lowest BCUT2D eigenvalue weighted by molar-refractivity contribution is -0.135. The third kappa shape index (κ3) is 3.81. The fraction of sp³-hybridized carbons (Fsp3) is 0.474. The minimum absolute atomic E-state index is 0.0588. The van der Waals surface area contributed by atoms with E-state index in [2.05, 4.69) is 22.5 Å². The molecule has 0 aromatic heterocycles. The second-order valence-electron chi connectivity index (χ2n) is 6.29. The summed E-state index contributed by atoms with van der Waals surface area (Å²) < 4.78 is 6.03. The average Bonchev–Trinajstić information content (AvgIpc) is 2.78. The third-order valence-electron chi connectivity index (χ3n) is 4.62. The molecule has 0 unspecified atom stereocenters. The number of halogens is 1. The minimum Gasteiger partial charge on any atom is -0.385 e. The molecular formula is C19H23BrO3. The van der Waals surface area contributed by atoms with Gasteiger partial charge >= 0.3 is 0 Å². The van der Waals surface area contributed by atoms with Crippen molar-refractivity contribution in [3.8, 4) is 0 Å². The van der Waals surface area contributed by atoms with Crippen molar-refractivity contribution in [3.63, 3.8) is 0 Å². The number of rotatable bonds is 7. The lowest BCUT2D eigenvalue weighted by Crippen LogP contribution is -2.33. The van der Waals surface area contributed by atoms with Gasteiger partial charge in [-0.05, 0) is 43.4 Å². The maximum absolute atomic E-state index is 12.5. The summed E-state index contributed by atoms with van der Waals surface area (Å²) in [4.78, 5) is 25.0. The number of aryl methyl sites for hydroxylation is 1. The molecule has 1 saturated carbocycles. The Bertz CT molecular complexity index is 618. The first-order chi connectivity index (χ1) is 10.9. The van der Waals surface area contributed by atoms with Gasteiger partial charge < -0.3 is 4.74 Å². The summed E-state index contributed by atoms with van der Waals surface area (Å²) in [5.41, 5.74) is 2.03. The molecule has 0 atom stereocenters. The van der Waals surface area contributed by atoms with Gasteiger partial charge in [0.1, 0.15) is 11.6 Å². The Hall–Kier alpha value is -1.26. The monoisotopic (exact) mass is 378 g/mol. The molecule has 23 heavy (non-hydrogen) atoms.